The lowest BCUT2D eigenvalue weighted by atomic mass is 9.97. The Hall–Kier alpha value is -0.0800. The van der Waals surface area contributed by atoms with Crippen molar-refractivity contribution in [1.29, 1.82) is 0 Å². The highest BCUT2D eigenvalue weighted by Gasteiger charge is 2.40. The molecule has 0 amide bonds. The Morgan fingerprint density at radius 3 is 2.11 bits per heavy atom. The summed E-state index contributed by atoms with van der Waals surface area (Å²) in [5, 5.41) is 3.73. The van der Waals surface area contributed by atoms with Gasteiger partial charge in [0, 0.05) is 6.04 Å². The Labute approximate surface area is 113 Å². The Morgan fingerprint density at radius 1 is 1.00 bits per heavy atom. The minimum atomic E-state index is 0.374. The molecule has 2 nitrogen and oxygen atoms in total. The van der Waals surface area contributed by atoms with Crippen LogP contribution >= 0.6 is 0 Å². The molecule has 0 spiro atoms. The fourth-order valence-electron chi connectivity index (χ4n) is 3.15. The van der Waals surface area contributed by atoms with Crippen LogP contribution in [0.3, 0.4) is 0 Å². The molecule has 2 aliphatic rings. The molecular formula is C16H32N2. The van der Waals surface area contributed by atoms with Crippen molar-refractivity contribution >= 4 is 0 Å². The molecular weight excluding hydrogens is 220 g/mol. The number of hydrogen-bond acceptors (Lipinski definition) is 2. The second kappa shape index (κ2) is 6.91. The standard InChI is InChI=1S/C16H32N2/c1-12(4-3-5-13(2)17)10-18-11-16(14-6-7-14)15-8-9-15/h12-16,18H,3-11,17H2,1-2H3. The van der Waals surface area contributed by atoms with Gasteiger partial charge < -0.3 is 11.1 Å². The highest BCUT2D eigenvalue weighted by atomic mass is 14.9. The Balaban J connectivity index is 1.51. The van der Waals surface area contributed by atoms with E-state index in [0.29, 0.717) is 6.04 Å². The van der Waals surface area contributed by atoms with Crippen molar-refractivity contribution in [2.24, 2.45) is 29.4 Å². The molecule has 2 saturated carbocycles. The van der Waals surface area contributed by atoms with Gasteiger partial charge in [-0.15, -0.1) is 0 Å². The van der Waals surface area contributed by atoms with Gasteiger partial charge in [-0.05, 0) is 82.2 Å². The molecule has 0 aromatic rings. The first-order valence-electron chi connectivity index (χ1n) is 8.13. The zero-order chi connectivity index (χ0) is 13.0. The molecule has 0 heterocycles. The molecule has 18 heavy (non-hydrogen) atoms. The smallest absolute Gasteiger partial charge is 0.00104 e. The van der Waals surface area contributed by atoms with Crippen LogP contribution in [0.1, 0.15) is 58.8 Å². The van der Waals surface area contributed by atoms with Crippen molar-refractivity contribution < 1.29 is 0 Å². The van der Waals surface area contributed by atoms with E-state index in [0.717, 1.165) is 23.7 Å². The van der Waals surface area contributed by atoms with Crippen LogP contribution in [0.5, 0.6) is 0 Å². The fourth-order valence-corrected chi connectivity index (χ4v) is 3.15. The lowest BCUT2D eigenvalue weighted by Gasteiger charge is -2.19. The summed E-state index contributed by atoms with van der Waals surface area (Å²) < 4.78 is 0. The Morgan fingerprint density at radius 2 is 1.61 bits per heavy atom. The lowest BCUT2D eigenvalue weighted by Crippen LogP contribution is -2.29. The first kappa shape index (κ1) is 14.3. The summed E-state index contributed by atoms with van der Waals surface area (Å²) in [6, 6.07) is 0.374. The SMILES string of the molecule is CC(N)CCCC(C)CNCC(C1CC1)C1CC1. The van der Waals surface area contributed by atoms with Crippen LogP contribution in [0.15, 0.2) is 0 Å². The predicted molar refractivity (Wildman–Crippen MR) is 78.5 cm³/mol. The normalized spacial score (nSPS) is 23.3. The van der Waals surface area contributed by atoms with Crippen molar-refractivity contribution in [3.05, 3.63) is 0 Å². The van der Waals surface area contributed by atoms with Gasteiger partial charge in [-0.1, -0.05) is 13.3 Å². The molecule has 0 bridgehead atoms. The molecule has 2 heteroatoms. The molecule has 2 rings (SSSR count). The maximum atomic E-state index is 5.78. The van der Waals surface area contributed by atoms with Crippen LogP contribution in [0.25, 0.3) is 0 Å². The van der Waals surface area contributed by atoms with Gasteiger partial charge in [0.05, 0.1) is 0 Å². The van der Waals surface area contributed by atoms with Crippen molar-refractivity contribution in [2.45, 2.75) is 64.8 Å². The minimum absolute atomic E-state index is 0.374. The summed E-state index contributed by atoms with van der Waals surface area (Å²) >= 11 is 0. The van der Waals surface area contributed by atoms with Crippen LogP contribution in [0.2, 0.25) is 0 Å². The van der Waals surface area contributed by atoms with E-state index in [1.54, 1.807) is 0 Å². The highest BCUT2D eigenvalue weighted by Crippen LogP contribution is 2.48. The van der Waals surface area contributed by atoms with Crippen molar-refractivity contribution in [2.75, 3.05) is 13.1 Å². The summed E-state index contributed by atoms with van der Waals surface area (Å²) in [7, 11) is 0. The third-order valence-electron chi connectivity index (χ3n) is 4.68. The van der Waals surface area contributed by atoms with Crippen LogP contribution < -0.4 is 11.1 Å². The van der Waals surface area contributed by atoms with Gasteiger partial charge in [0.25, 0.3) is 0 Å². The quantitative estimate of drug-likeness (QED) is 0.627. The Bertz CT molecular complexity index is 219. The van der Waals surface area contributed by atoms with Gasteiger partial charge in [-0.3, -0.25) is 0 Å². The molecule has 0 radical (unpaired) electrons. The van der Waals surface area contributed by atoms with Gasteiger partial charge in [0.2, 0.25) is 0 Å². The molecule has 2 unspecified atom stereocenters. The summed E-state index contributed by atoms with van der Waals surface area (Å²) in [6.07, 6.45) is 9.82. The van der Waals surface area contributed by atoms with Crippen molar-refractivity contribution in [1.82, 2.24) is 5.32 Å². The van der Waals surface area contributed by atoms with E-state index < -0.39 is 0 Å². The molecule has 0 aromatic heterocycles. The Kier molecular flexibility index (Phi) is 5.50. The van der Waals surface area contributed by atoms with Gasteiger partial charge in [-0.25, -0.2) is 0 Å². The zero-order valence-electron chi connectivity index (χ0n) is 12.3. The average molecular weight is 252 g/mol. The summed E-state index contributed by atoms with van der Waals surface area (Å²) in [5.74, 6) is 3.99. The van der Waals surface area contributed by atoms with E-state index in [1.165, 1.54) is 58.0 Å². The van der Waals surface area contributed by atoms with Crippen LogP contribution in [0.4, 0.5) is 0 Å². The summed E-state index contributed by atoms with van der Waals surface area (Å²) in [4.78, 5) is 0. The molecule has 106 valence electrons. The van der Waals surface area contributed by atoms with E-state index in [4.69, 9.17) is 5.73 Å². The maximum Gasteiger partial charge on any atom is 0.00104 e. The molecule has 2 aliphatic carbocycles. The van der Waals surface area contributed by atoms with E-state index in [9.17, 15) is 0 Å². The average Bonchev–Trinajstić information content (AvgIpc) is 3.14. The number of hydrogen-bond donors (Lipinski definition) is 2. The maximum absolute atomic E-state index is 5.78. The topological polar surface area (TPSA) is 38.0 Å². The first-order chi connectivity index (χ1) is 8.66. The number of nitrogens with two attached hydrogens (primary N) is 1. The summed E-state index contributed by atoms with van der Waals surface area (Å²) in [5.41, 5.74) is 5.78. The third-order valence-corrected chi connectivity index (χ3v) is 4.68. The highest BCUT2D eigenvalue weighted by molar-refractivity contribution is 4.92. The number of rotatable bonds is 10. The van der Waals surface area contributed by atoms with E-state index >= 15 is 0 Å². The second-order valence-electron chi connectivity index (χ2n) is 7.01. The predicted octanol–water partition coefficient (Wildman–Crippen LogP) is 3.17. The minimum Gasteiger partial charge on any atom is -0.328 e. The van der Waals surface area contributed by atoms with Gasteiger partial charge in [0.1, 0.15) is 0 Å². The fraction of sp³-hybridized carbons (Fsp3) is 1.00. The van der Waals surface area contributed by atoms with Crippen LogP contribution in [-0.4, -0.2) is 19.1 Å². The van der Waals surface area contributed by atoms with Gasteiger partial charge in [-0.2, -0.15) is 0 Å². The van der Waals surface area contributed by atoms with Crippen molar-refractivity contribution in [3.8, 4) is 0 Å². The van der Waals surface area contributed by atoms with Crippen LogP contribution in [0, 0.1) is 23.7 Å². The monoisotopic (exact) mass is 252 g/mol. The van der Waals surface area contributed by atoms with Gasteiger partial charge >= 0.3 is 0 Å². The van der Waals surface area contributed by atoms with E-state index in [-0.39, 0.29) is 0 Å². The van der Waals surface area contributed by atoms with Crippen LogP contribution in [-0.2, 0) is 0 Å². The largest absolute Gasteiger partial charge is 0.328 e. The molecule has 0 aromatic carbocycles. The lowest BCUT2D eigenvalue weighted by molar-refractivity contribution is 0.357. The first-order valence-corrected chi connectivity index (χ1v) is 8.13. The molecule has 3 N–H and O–H groups in total. The molecule has 2 fully saturated rings. The molecule has 0 aliphatic heterocycles. The third kappa shape index (κ3) is 5.27. The molecule has 0 saturated heterocycles. The zero-order valence-corrected chi connectivity index (χ0v) is 12.3. The molecule has 2 atom stereocenters. The van der Waals surface area contributed by atoms with Crippen molar-refractivity contribution in [3.63, 3.8) is 0 Å². The second-order valence-corrected chi connectivity index (χ2v) is 7.01. The number of nitrogens with one attached hydrogen (secondary N) is 1. The van der Waals surface area contributed by atoms with Gasteiger partial charge in [0.15, 0.2) is 0 Å². The van der Waals surface area contributed by atoms with E-state index in [1.807, 2.05) is 0 Å². The summed E-state index contributed by atoms with van der Waals surface area (Å²) in [6.45, 7) is 6.97. The van der Waals surface area contributed by atoms with E-state index in [2.05, 4.69) is 19.2 Å².